The lowest BCUT2D eigenvalue weighted by molar-refractivity contribution is 0.196. The molecule has 11 nitrogen and oxygen atoms in total. The first kappa shape index (κ1) is 57.3. The molecule has 0 unspecified atom stereocenters. The second-order valence-electron chi connectivity index (χ2n) is 16.8. The van der Waals surface area contributed by atoms with Gasteiger partial charge in [0.1, 0.15) is 0 Å². The van der Waals surface area contributed by atoms with Crippen molar-refractivity contribution in [2.24, 2.45) is 44.9 Å². The van der Waals surface area contributed by atoms with Gasteiger partial charge in [0.25, 0.3) is 0 Å². The molecule has 3 aliphatic carbocycles. The molecule has 0 spiro atoms. The van der Waals surface area contributed by atoms with Gasteiger partial charge >= 0.3 is 0 Å². The predicted molar refractivity (Wildman–Crippen MR) is 286 cm³/mol. The molecule has 5 aliphatic rings. The average molecular weight is 985 g/mol. The van der Waals surface area contributed by atoms with Crippen molar-refractivity contribution < 1.29 is 0 Å². The monoisotopic (exact) mass is 983 g/mol. The lowest BCUT2D eigenvalue weighted by Crippen LogP contribution is -2.44. The molecule has 3 fully saturated rings. The molecule has 0 radical (unpaired) electrons. The van der Waals surface area contributed by atoms with Crippen molar-refractivity contribution in [3.63, 3.8) is 0 Å². The second kappa shape index (κ2) is 33.6. The van der Waals surface area contributed by atoms with Crippen LogP contribution in [0.2, 0.25) is 0 Å². The number of thioether (sulfide) groups is 4. The van der Waals surface area contributed by atoms with E-state index in [1.165, 1.54) is 144 Å². The average Bonchev–Trinajstić information content (AvgIpc) is 3.29. The third kappa shape index (κ3) is 23.0. The highest BCUT2D eigenvalue weighted by molar-refractivity contribution is 8.13. The lowest BCUT2D eigenvalue weighted by atomic mass is 9.89. The van der Waals surface area contributed by atoms with Crippen molar-refractivity contribution in [2.75, 3.05) is 46.3 Å². The summed E-state index contributed by atoms with van der Waals surface area (Å²) >= 11 is 6.28. The van der Waals surface area contributed by atoms with Crippen LogP contribution < -0.4 is 27.8 Å². The summed E-state index contributed by atoms with van der Waals surface area (Å²) in [6, 6.07) is 16.8. The van der Waals surface area contributed by atoms with E-state index in [1.807, 2.05) is 47.8 Å². The molecule has 0 saturated heterocycles. The topological polar surface area (TPSA) is 181 Å². The fraction of sp³-hybridized carbons (Fsp3) is 0.652. The number of nitrogens with zero attached hydrogens (tertiary/aromatic N) is 4. The normalized spacial score (nSPS) is 18.7. The van der Waals surface area contributed by atoms with Gasteiger partial charge in [-0.05, 0) is 85.1 Å². The molecule has 0 atom stereocenters. The van der Waals surface area contributed by atoms with Crippen LogP contribution in [0.3, 0.4) is 0 Å². The number of nitrogens with one attached hydrogen (secondary N) is 4. The Balaban J connectivity index is 0.000000420. The minimum absolute atomic E-state index is 0. The first-order valence-electron chi connectivity index (χ1n) is 22.4. The molecular weight excluding hydrogens is 906 g/mol. The third-order valence-electron chi connectivity index (χ3n) is 12.0. The number of amidine groups is 4. The lowest BCUT2D eigenvalue weighted by Gasteiger charge is -2.31. The Morgan fingerprint density at radius 2 is 0.889 bits per heavy atom. The summed E-state index contributed by atoms with van der Waals surface area (Å²) in [7, 11) is 0. The summed E-state index contributed by atoms with van der Waals surface area (Å²) in [6.07, 6.45) is 21.2. The van der Waals surface area contributed by atoms with Crippen molar-refractivity contribution >= 4 is 92.5 Å². The van der Waals surface area contributed by atoms with Gasteiger partial charge in [-0.15, -0.1) is 24.8 Å². The molecule has 3 saturated carbocycles. The van der Waals surface area contributed by atoms with E-state index in [0.717, 1.165) is 83.9 Å². The van der Waals surface area contributed by atoms with E-state index in [0.29, 0.717) is 11.5 Å². The molecule has 10 N–H and O–H groups in total. The minimum atomic E-state index is 0. The van der Waals surface area contributed by atoms with Crippen LogP contribution in [0.1, 0.15) is 126 Å². The van der Waals surface area contributed by atoms with Crippen LogP contribution in [0.4, 0.5) is 0 Å². The van der Waals surface area contributed by atoms with E-state index < -0.39 is 0 Å². The number of aliphatic imine (C=N–C) groups is 2. The van der Waals surface area contributed by atoms with Crippen LogP contribution in [0, 0.1) is 28.6 Å². The summed E-state index contributed by atoms with van der Waals surface area (Å²) in [5, 5.41) is 23.9. The van der Waals surface area contributed by atoms with E-state index in [-0.39, 0.29) is 42.6 Å². The van der Waals surface area contributed by atoms with Crippen LogP contribution in [0.15, 0.2) is 58.5 Å². The van der Waals surface area contributed by atoms with E-state index >= 15 is 0 Å². The zero-order chi connectivity index (χ0) is 42.2. The largest absolute Gasteiger partial charge is 0.379 e. The Morgan fingerprint density at radius 1 is 0.556 bits per heavy atom. The highest BCUT2D eigenvalue weighted by Crippen LogP contribution is 2.28. The quantitative estimate of drug-likeness (QED) is 0.0750. The smallest absolute Gasteiger partial charge is 0.159 e. The van der Waals surface area contributed by atoms with E-state index in [9.17, 15) is 0 Å². The molecule has 356 valence electrons. The number of rotatable bonds is 13. The first-order chi connectivity index (χ1) is 29.3. The summed E-state index contributed by atoms with van der Waals surface area (Å²) in [6.45, 7) is 6.86. The molecular formula is C46H79Cl2N11S4. The van der Waals surface area contributed by atoms with Gasteiger partial charge in [-0.25, -0.2) is 9.98 Å². The van der Waals surface area contributed by atoms with E-state index in [4.69, 9.17) is 38.0 Å². The molecule has 2 aromatic carbocycles. The number of nitrogens with two attached hydrogens (primary N) is 3. The Morgan fingerprint density at radius 3 is 1.17 bits per heavy atom. The first-order valence-corrected chi connectivity index (χ1v) is 26.3. The van der Waals surface area contributed by atoms with Crippen molar-refractivity contribution in [3.8, 4) is 0 Å². The van der Waals surface area contributed by atoms with Crippen LogP contribution in [-0.4, -0.2) is 76.8 Å². The summed E-state index contributed by atoms with van der Waals surface area (Å²) in [4.78, 5) is 14.6. The fourth-order valence-corrected chi connectivity index (χ4v) is 11.5. The molecule has 0 amide bonds. The van der Waals surface area contributed by atoms with Gasteiger partial charge in [-0.1, -0.05) is 161 Å². The van der Waals surface area contributed by atoms with Gasteiger partial charge in [0.05, 0.1) is 26.7 Å². The van der Waals surface area contributed by atoms with Crippen molar-refractivity contribution in [2.45, 2.75) is 127 Å². The van der Waals surface area contributed by atoms with Gasteiger partial charge in [0.2, 0.25) is 0 Å². The number of benzene rings is 2. The minimum Gasteiger partial charge on any atom is -0.379 e. The second-order valence-corrected chi connectivity index (χ2v) is 20.7. The third-order valence-corrected chi connectivity index (χ3v) is 15.5. The van der Waals surface area contributed by atoms with Crippen LogP contribution in [0.25, 0.3) is 0 Å². The maximum Gasteiger partial charge on any atom is 0.159 e. The number of halogens is 2. The molecule has 7 rings (SSSR count). The SMILES string of the molecule is C.Cl.Cl.N=C(N)SCc1ccccc1CSC(=N)N.NCC1CCCCC1.c1ccc(CSC2=NCN(CC3CCCCC3)CN2)c(CSC2=NCN(CC3CCCCC3)CN2)c1. The standard InChI is InChI=1S/C28H44N6S2.C10H14N4S2.C7H15N.CH4.2ClH/c1-3-9-23(10-4-1)15-33-19-29-27(30-20-33)35-17-25-13-7-8-14-26(25)18-36-28-31-21-34(22-32-28)16-24-11-5-2-6-12-24;11-9(12)15-5-7-3-1-2-4-8(7)6-16-10(13)14;8-6-7-4-2-1-3-5-7;;;/h7-8,13-14,23-24H,1-6,9-12,15-22H2,(H,29,30)(H,31,32);1-4H,5-6H2,(H3,11,12)(H3,13,14);7H,1-6,8H2;1H4;2*1H. The van der Waals surface area contributed by atoms with Gasteiger partial charge in [-0.3, -0.25) is 20.6 Å². The van der Waals surface area contributed by atoms with Crippen LogP contribution in [0.5, 0.6) is 0 Å². The molecule has 2 aliphatic heterocycles. The highest BCUT2D eigenvalue weighted by Gasteiger charge is 2.21. The summed E-state index contributed by atoms with van der Waals surface area (Å²) in [5.41, 5.74) is 21.2. The zero-order valence-electron chi connectivity index (χ0n) is 36.7. The Hall–Kier alpha value is -1.82. The highest BCUT2D eigenvalue weighted by atomic mass is 35.5. The van der Waals surface area contributed by atoms with Crippen LogP contribution >= 0.6 is 71.9 Å². The number of hydrogen-bond acceptors (Lipinski definition) is 13. The molecule has 0 bridgehead atoms. The van der Waals surface area contributed by atoms with Crippen LogP contribution in [-0.2, 0) is 23.0 Å². The Kier molecular flexibility index (Phi) is 30.6. The van der Waals surface area contributed by atoms with E-state index in [1.54, 1.807) is 0 Å². The summed E-state index contributed by atoms with van der Waals surface area (Å²) in [5.74, 6) is 5.90. The van der Waals surface area contributed by atoms with Gasteiger partial charge in [-0.2, -0.15) is 0 Å². The predicted octanol–water partition coefficient (Wildman–Crippen LogP) is 10.6. The van der Waals surface area contributed by atoms with Gasteiger partial charge < -0.3 is 27.8 Å². The molecule has 2 aromatic rings. The van der Waals surface area contributed by atoms with E-state index in [2.05, 4.69) is 44.7 Å². The maximum absolute atomic E-state index is 7.17. The zero-order valence-corrected chi connectivity index (χ0v) is 41.6. The molecule has 17 heteroatoms. The fourth-order valence-electron chi connectivity index (χ4n) is 8.51. The Labute approximate surface area is 409 Å². The number of hydrogen-bond donors (Lipinski definition) is 7. The molecule has 63 heavy (non-hydrogen) atoms. The molecule has 0 aromatic heterocycles. The maximum atomic E-state index is 7.17. The summed E-state index contributed by atoms with van der Waals surface area (Å²) < 4.78 is 0. The van der Waals surface area contributed by atoms with Crippen molar-refractivity contribution in [1.82, 2.24) is 20.4 Å². The van der Waals surface area contributed by atoms with Gasteiger partial charge in [0.15, 0.2) is 20.7 Å². The molecule has 2 heterocycles. The van der Waals surface area contributed by atoms with Crippen molar-refractivity contribution in [1.29, 1.82) is 10.8 Å². The van der Waals surface area contributed by atoms with Gasteiger partial charge in [0, 0.05) is 36.1 Å². The van der Waals surface area contributed by atoms with Crippen molar-refractivity contribution in [3.05, 3.63) is 70.8 Å². The Bertz CT molecular complexity index is 1530.